The van der Waals surface area contributed by atoms with Gasteiger partial charge in [-0.15, -0.1) is 0 Å². The molecule has 0 saturated carbocycles. The minimum absolute atomic E-state index is 0.104. The average molecular weight is 316 g/mol. The van der Waals surface area contributed by atoms with Gasteiger partial charge in [0, 0.05) is 19.2 Å². The summed E-state index contributed by atoms with van der Waals surface area (Å²) in [6, 6.07) is 6.94. The first-order chi connectivity index (χ1) is 10.3. The third-order valence-electron chi connectivity index (χ3n) is 2.51. The van der Waals surface area contributed by atoms with Crippen LogP contribution >= 0.6 is 0 Å². The molecular formula is C14H15F3N2O3. The highest BCUT2D eigenvalue weighted by Crippen LogP contribution is 2.13. The van der Waals surface area contributed by atoms with E-state index < -0.39 is 18.0 Å². The van der Waals surface area contributed by atoms with Crippen LogP contribution in [0, 0.1) is 0 Å². The van der Waals surface area contributed by atoms with Crippen molar-refractivity contribution in [2.45, 2.75) is 6.18 Å². The van der Waals surface area contributed by atoms with Gasteiger partial charge in [0.05, 0.1) is 7.11 Å². The van der Waals surface area contributed by atoms with Gasteiger partial charge in [0.25, 0.3) is 0 Å². The standard InChI is InChI=1S/C14H15F3N2O3/c1-22-11-5-2-10(3-6-11)4-7-12(20)18-8-9-19-13(21)14(15,16)17/h2-7H,8-9H2,1H3,(H,18,20)(H,19,21)/b7-4+. The van der Waals surface area contributed by atoms with Crippen LogP contribution in [0.4, 0.5) is 13.2 Å². The van der Waals surface area contributed by atoms with Crippen LogP contribution < -0.4 is 15.4 Å². The molecule has 0 aromatic heterocycles. The van der Waals surface area contributed by atoms with Gasteiger partial charge in [-0.3, -0.25) is 9.59 Å². The first-order valence-corrected chi connectivity index (χ1v) is 6.28. The highest BCUT2D eigenvalue weighted by atomic mass is 19.4. The fraction of sp³-hybridized carbons (Fsp3) is 0.286. The van der Waals surface area contributed by atoms with Crippen LogP contribution in [0.2, 0.25) is 0 Å². The molecule has 2 N–H and O–H groups in total. The summed E-state index contributed by atoms with van der Waals surface area (Å²) in [5.41, 5.74) is 0.765. The van der Waals surface area contributed by atoms with Gasteiger partial charge in [0.2, 0.25) is 5.91 Å². The Labute approximate surface area is 125 Å². The van der Waals surface area contributed by atoms with Crippen LogP contribution in [0.5, 0.6) is 5.75 Å². The fourth-order valence-corrected chi connectivity index (χ4v) is 1.41. The Morgan fingerprint density at radius 3 is 2.27 bits per heavy atom. The van der Waals surface area contributed by atoms with Crippen molar-refractivity contribution in [1.29, 1.82) is 0 Å². The van der Waals surface area contributed by atoms with E-state index in [1.807, 2.05) is 0 Å². The summed E-state index contributed by atoms with van der Waals surface area (Å²) < 4.78 is 40.6. The second kappa shape index (κ2) is 8.06. The number of rotatable bonds is 6. The molecule has 0 spiro atoms. The molecule has 0 heterocycles. The molecule has 22 heavy (non-hydrogen) atoms. The van der Waals surface area contributed by atoms with E-state index in [-0.39, 0.29) is 13.1 Å². The molecule has 0 aliphatic carbocycles. The van der Waals surface area contributed by atoms with Crippen LogP contribution in [0.15, 0.2) is 30.3 Å². The molecule has 0 aliphatic heterocycles. The lowest BCUT2D eigenvalue weighted by Crippen LogP contribution is -2.40. The van der Waals surface area contributed by atoms with Crippen molar-refractivity contribution < 1.29 is 27.5 Å². The van der Waals surface area contributed by atoms with Gasteiger partial charge in [-0.2, -0.15) is 13.2 Å². The van der Waals surface area contributed by atoms with Crippen LogP contribution in [-0.2, 0) is 9.59 Å². The van der Waals surface area contributed by atoms with E-state index in [4.69, 9.17) is 4.74 Å². The van der Waals surface area contributed by atoms with Gasteiger partial charge in [-0.25, -0.2) is 0 Å². The Morgan fingerprint density at radius 1 is 1.14 bits per heavy atom. The largest absolute Gasteiger partial charge is 0.497 e. The number of benzene rings is 1. The number of hydrogen-bond acceptors (Lipinski definition) is 3. The van der Waals surface area contributed by atoms with Gasteiger partial charge >= 0.3 is 12.1 Å². The Kier molecular flexibility index (Phi) is 6.43. The summed E-state index contributed by atoms with van der Waals surface area (Å²) in [7, 11) is 1.54. The monoisotopic (exact) mass is 316 g/mol. The summed E-state index contributed by atoms with van der Waals surface area (Å²) in [5, 5.41) is 4.00. The van der Waals surface area contributed by atoms with Gasteiger partial charge < -0.3 is 15.4 Å². The second-order valence-corrected chi connectivity index (χ2v) is 4.15. The predicted molar refractivity (Wildman–Crippen MR) is 74.1 cm³/mol. The van der Waals surface area contributed by atoms with Crippen molar-refractivity contribution in [3.8, 4) is 5.75 Å². The van der Waals surface area contributed by atoms with E-state index in [9.17, 15) is 22.8 Å². The first-order valence-electron chi connectivity index (χ1n) is 6.28. The maximum absolute atomic E-state index is 11.9. The fourth-order valence-electron chi connectivity index (χ4n) is 1.41. The summed E-state index contributed by atoms with van der Waals surface area (Å²) in [6.07, 6.45) is -2.13. The molecular weight excluding hydrogens is 301 g/mol. The van der Waals surface area contributed by atoms with Crippen LogP contribution in [0.25, 0.3) is 6.08 Å². The molecule has 0 bridgehead atoms. The maximum Gasteiger partial charge on any atom is 0.471 e. The van der Waals surface area contributed by atoms with Crippen molar-refractivity contribution in [3.05, 3.63) is 35.9 Å². The molecule has 2 amide bonds. The van der Waals surface area contributed by atoms with E-state index in [1.165, 1.54) is 13.2 Å². The lowest BCUT2D eigenvalue weighted by Gasteiger charge is -2.07. The highest BCUT2D eigenvalue weighted by molar-refractivity contribution is 5.91. The quantitative estimate of drug-likeness (QED) is 0.617. The molecule has 0 radical (unpaired) electrons. The lowest BCUT2D eigenvalue weighted by molar-refractivity contribution is -0.173. The molecule has 1 aromatic carbocycles. The van der Waals surface area contributed by atoms with Crippen LogP contribution in [-0.4, -0.2) is 38.2 Å². The number of amides is 2. The minimum atomic E-state index is -4.92. The zero-order chi connectivity index (χ0) is 16.6. The van der Waals surface area contributed by atoms with Gasteiger partial charge in [-0.05, 0) is 23.8 Å². The normalized spacial score (nSPS) is 11.3. The minimum Gasteiger partial charge on any atom is -0.497 e. The molecule has 0 saturated heterocycles. The first kappa shape index (κ1) is 17.5. The summed E-state index contributed by atoms with van der Waals surface area (Å²) in [6.45, 7) is -0.409. The zero-order valence-corrected chi connectivity index (χ0v) is 11.7. The van der Waals surface area contributed by atoms with Crippen molar-refractivity contribution >= 4 is 17.9 Å². The Hall–Kier alpha value is -2.51. The lowest BCUT2D eigenvalue weighted by atomic mass is 10.2. The topological polar surface area (TPSA) is 67.4 Å². The number of carbonyl (C=O) groups excluding carboxylic acids is 2. The number of nitrogens with one attached hydrogen (secondary N) is 2. The number of hydrogen-bond donors (Lipinski definition) is 2. The number of alkyl halides is 3. The van der Waals surface area contributed by atoms with E-state index >= 15 is 0 Å². The number of halogens is 3. The molecule has 1 rings (SSSR count). The third-order valence-corrected chi connectivity index (χ3v) is 2.51. The average Bonchev–Trinajstić information content (AvgIpc) is 2.48. The molecule has 0 unspecified atom stereocenters. The van der Waals surface area contributed by atoms with Gasteiger partial charge in [-0.1, -0.05) is 12.1 Å². The molecule has 120 valence electrons. The molecule has 5 nitrogen and oxygen atoms in total. The van der Waals surface area contributed by atoms with E-state index in [0.29, 0.717) is 5.75 Å². The summed E-state index contributed by atoms with van der Waals surface area (Å²) >= 11 is 0. The van der Waals surface area contributed by atoms with E-state index in [2.05, 4.69) is 5.32 Å². The van der Waals surface area contributed by atoms with E-state index in [0.717, 1.165) is 5.56 Å². The third kappa shape index (κ3) is 6.29. The van der Waals surface area contributed by atoms with Crippen LogP contribution in [0.3, 0.4) is 0 Å². The second-order valence-electron chi connectivity index (χ2n) is 4.15. The number of methoxy groups -OCH3 is 1. The van der Waals surface area contributed by atoms with Crippen LogP contribution in [0.1, 0.15) is 5.56 Å². The number of carbonyl (C=O) groups is 2. The maximum atomic E-state index is 11.9. The van der Waals surface area contributed by atoms with Crippen molar-refractivity contribution in [1.82, 2.24) is 10.6 Å². The molecule has 1 aromatic rings. The van der Waals surface area contributed by atoms with Gasteiger partial charge in [0.1, 0.15) is 5.75 Å². The smallest absolute Gasteiger partial charge is 0.471 e. The Bertz CT molecular complexity index is 539. The van der Waals surface area contributed by atoms with Gasteiger partial charge in [0.15, 0.2) is 0 Å². The van der Waals surface area contributed by atoms with Crippen molar-refractivity contribution in [3.63, 3.8) is 0 Å². The summed E-state index contributed by atoms with van der Waals surface area (Å²) in [5.74, 6) is -1.82. The zero-order valence-electron chi connectivity index (χ0n) is 11.7. The molecule has 0 atom stereocenters. The SMILES string of the molecule is COc1ccc(/C=C/C(=O)NCCNC(=O)C(F)(F)F)cc1. The Morgan fingerprint density at radius 2 is 1.73 bits per heavy atom. The molecule has 0 aliphatic rings. The summed E-state index contributed by atoms with van der Waals surface area (Å²) in [4.78, 5) is 21.9. The molecule has 0 fully saturated rings. The number of ether oxygens (including phenoxy) is 1. The predicted octanol–water partition coefficient (Wildman–Crippen LogP) is 1.50. The van der Waals surface area contributed by atoms with E-state index in [1.54, 1.807) is 35.7 Å². The van der Waals surface area contributed by atoms with Crippen molar-refractivity contribution in [2.24, 2.45) is 0 Å². The highest BCUT2D eigenvalue weighted by Gasteiger charge is 2.38. The molecule has 8 heteroatoms. The Balaban J connectivity index is 2.31. The van der Waals surface area contributed by atoms with Crippen molar-refractivity contribution in [2.75, 3.05) is 20.2 Å².